The van der Waals surface area contributed by atoms with Gasteiger partial charge in [-0.3, -0.25) is 0 Å². The maximum atomic E-state index is 6.42. The molecule has 5 nitrogen and oxygen atoms in total. The van der Waals surface area contributed by atoms with Crippen LogP contribution in [-0.2, 0) is 0 Å². The SMILES string of the molecule is Cc1cc(/N=C\N(C)C(C)C)c(Cl)cc1Oc1nc(C(C)c2ccc(Cl)cc2)ns1. The molecule has 158 valence electrons. The summed E-state index contributed by atoms with van der Waals surface area (Å²) in [7, 11) is 1.98. The lowest BCUT2D eigenvalue weighted by molar-refractivity contribution is 0.429. The number of aliphatic imine (C=N–C) groups is 1. The van der Waals surface area contributed by atoms with E-state index in [1.165, 1.54) is 11.5 Å². The van der Waals surface area contributed by atoms with Gasteiger partial charge < -0.3 is 9.64 Å². The summed E-state index contributed by atoms with van der Waals surface area (Å²) in [5.41, 5.74) is 2.71. The molecule has 0 saturated carbocycles. The molecule has 0 fully saturated rings. The lowest BCUT2D eigenvalue weighted by Gasteiger charge is -2.17. The van der Waals surface area contributed by atoms with Gasteiger partial charge in [-0.2, -0.15) is 9.36 Å². The number of rotatable bonds is 7. The first-order valence-electron chi connectivity index (χ1n) is 9.57. The molecule has 3 rings (SSSR count). The van der Waals surface area contributed by atoms with E-state index in [0.29, 0.717) is 38.5 Å². The van der Waals surface area contributed by atoms with Gasteiger partial charge >= 0.3 is 0 Å². The van der Waals surface area contributed by atoms with Crippen LogP contribution in [-0.4, -0.2) is 33.7 Å². The Balaban J connectivity index is 1.75. The van der Waals surface area contributed by atoms with Crippen molar-refractivity contribution < 1.29 is 4.74 Å². The Labute approximate surface area is 191 Å². The summed E-state index contributed by atoms with van der Waals surface area (Å²) < 4.78 is 10.4. The summed E-state index contributed by atoms with van der Waals surface area (Å²) in [6, 6.07) is 11.7. The van der Waals surface area contributed by atoms with Crippen LogP contribution in [0.15, 0.2) is 41.4 Å². The smallest absolute Gasteiger partial charge is 0.298 e. The van der Waals surface area contributed by atoms with Crippen molar-refractivity contribution in [3.05, 3.63) is 63.4 Å². The van der Waals surface area contributed by atoms with Gasteiger partial charge in [0.1, 0.15) is 5.75 Å². The van der Waals surface area contributed by atoms with E-state index < -0.39 is 0 Å². The van der Waals surface area contributed by atoms with Crippen LogP contribution in [0.4, 0.5) is 5.69 Å². The van der Waals surface area contributed by atoms with Crippen LogP contribution in [0.3, 0.4) is 0 Å². The van der Waals surface area contributed by atoms with Crippen molar-refractivity contribution in [2.45, 2.75) is 39.7 Å². The zero-order valence-electron chi connectivity index (χ0n) is 17.6. The van der Waals surface area contributed by atoms with E-state index in [1.807, 2.05) is 49.2 Å². The molecule has 0 radical (unpaired) electrons. The highest BCUT2D eigenvalue weighted by atomic mass is 35.5. The van der Waals surface area contributed by atoms with Crippen molar-refractivity contribution in [2.24, 2.45) is 4.99 Å². The summed E-state index contributed by atoms with van der Waals surface area (Å²) in [5.74, 6) is 1.38. The third-order valence-corrected chi connectivity index (χ3v) is 5.98. The van der Waals surface area contributed by atoms with Crippen LogP contribution in [0.25, 0.3) is 0 Å². The predicted molar refractivity (Wildman–Crippen MR) is 126 cm³/mol. The minimum Gasteiger partial charge on any atom is -0.430 e. The van der Waals surface area contributed by atoms with Crippen LogP contribution in [0, 0.1) is 6.92 Å². The van der Waals surface area contributed by atoms with Gasteiger partial charge in [0.2, 0.25) is 0 Å². The molecule has 8 heteroatoms. The molecular weight excluding hydrogens is 439 g/mol. The molecule has 1 unspecified atom stereocenters. The van der Waals surface area contributed by atoms with E-state index in [2.05, 4.69) is 35.1 Å². The molecule has 30 heavy (non-hydrogen) atoms. The Morgan fingerprint density at radius 3 is 2.50 bits per heavy atom. The van der Waals surface area contributed by atoms with Crippen LogP contribution in [0.2, 0.25) is 10.0 Å². The third-order valence-electron chi connectivity index (χ3n) is 4.82. The van der Waals surface area contributed by atoms with Gasteiger partial charge in [0, 0.05) is 41.6 Å². The number of halogens is 2. The highest BCUT2D eigenvalue weighted by Crippen LogP contribution is 2.36. The molecule has 0 spiro atoms. The average molecular weight is 463 g/mol. The summed E-state index contributed by atoms with van der Waals surface area (Å²) in [5, 5.41) is 1.70. The second-order valence-electron chi connectivity index (χ2n) is 7.37. The van der Waals surface area contributed by atoms with Crippen LogP contribution in [0.5, 0.6) is 10.9 Å². The van der Waals surface area contributed by atoms with E-state index in [4.69, 9.17) is 27.9 Å². The molecule has 0 amide bonds. The number of aryl methyl sites for hydroxylation is 1. The van der Waals surface area contributed by atoms with Gasteiger partial charge in [0.05, 0.1) is 17.0 Å². The lowest BCUT2D eigenvalue weighted by atomic mass is 10.0. The lowest BCUT2D eigenvalue weighted by Crippen LogP contribution is -2.24. The van der Waals surface area contributed by atoms with E-state index >= 15 is 0 Å². The molecule has 0 bridgehead atoms. The first-order chi connectivity index (χ1) is 14.2. The highest BCUT2D eigenvalue weighted by Gasteiger charge is 2.16. The van der Waals surface area contributed by atoms with Crippen LogP contribution >= 0.6 is 34.7 Å². The first kappa shape index (κ1) is 22.5. The zero-order valence-corrected chi connectivity index (χ0v) is 19.9. The maximum Gasteiger partial charge on any atom is 0.298 e. The molecule has 0 N–H and O–H groups in total. The standard InChI is InChI=1S/C22H24Cl2N4OS/c1-13(2)28(5)12-25-19-10-14(3)20(11-18(19)24)29-22-26-21(27-30-22)15(4)16-6-8-17(23)9-7-16/h6-13,15H,1-5H3/b25-12-. The molecule has 1 atom stereocenters. The minimum atomic E-state index is 0.0372. The highest BCUT2D eigenvalue weighted by molar-refractivity contribution is 7.07. The Morgan fingerprint density at radius 2 is 1.83 bits per heavy atom. The second-order valence-corrected chi connectivity index (χ2v) is 8.92. The summed E-state index contributed by atoms with van der Waals surface area (Å²) >= 11 is 13.6. The Morgan fingerprint density at radius 1 is 1.13 bits per heavy atom. The fraction of sp³-hybridized carbons (Fsp3) is 0.318. The fourth-order valence-corrected chi connectivity index (χ4v) is 3.54. The van der Waals surface area contributed by atoms with Crippen molar-refractivity contribution >= 4 is 46.8 Å². The summed E-state index contributed by atoms with van der Waals surface area (Å²) in [6.07, 6.45) is 1.78. The van der Waals surface area contributed by atoms with E-state index in [1.54, 1.807) is 12.4 Å². The van der Waals surface area contributed by atoms with E-state index in [9.17, 15) is 0 Å². The second kappa shape index (κ2) is 9.77. The quantitative estimate of drug-likeness (QED) is 0.277. The molecular formula is C22H24Cl2N4OS. The molecule has 0 aliphatic rings. The molecule has 1 heterocycles. The van der Waals surface area contributed by atoms with E-state index in [-0.39, 0.29) is 5.92 Å². The molecule has 2 aromatic carbocycles. The molecule has 0 saturated heterocycles. The number of hydrogen-bond donors (Lipinski definition) is 0. The van der Waals surface area contributed by atoms with Crippen molar-refractivity contribution in [2.75, 3.05) is 7.05 Å². The summed E-state index contributed by atoms with van der Waals surface area (Å²) in [6.45, 7) is 8.20. The monoisotopic (exact) mass is 462 g/mol. The number of hydrogen-bond acceptors (Lipinski definition) is 5. The minimum absolute atomic E-state index is 0.0372. The third kappa shape index (κ3) is 5.50. The number of nitrogens with zero attached hydrogens (tertiary/aromatic N) is 4. The van der Waals surface area contributed by atoms with Crippen LogP contribution in [0.1, 0.15) is 43.6 Å². The normalized spacial score (nSPS) is 12.5. The van der Waals surface area contributed by atoms with Crippen LogP contribution < -0.4 is 4.74 Å². The zero-order chi connectivity index (χ0) is 21.8. The van der Waals surface area contributed by atoms with E-state index in [0.717, 1.165) is 11.1 Å². The van der Waals surface area contributed by atoms with Gasteiger partial charge in [-0.1, -0.05) is 42.3 Å². The average Bonchev–Trinajstić information content (AvgIpc) is 3.17. The topological polar surface area (TPSA) is 50.6 Å². The van der Waals surface area contributed by atoms with Crippen molar-refractivity contribution in [1.82, 2.24) is 14.3 Å². The molecule has 3 aromatic rings. The van der Waals surface area contributed by atoms with Crippen molar-refractivity contribution in [3.8, 4) is 10.9 Å². The number of aromatic nitrogens is 2. The van der Waals surface area contributed by atoms with Gasteiger partial charge in [-0.15, -0.1) is 0 Å². The van der Waals surface area contributed by atoms with Crippen molar-refractivity contribution in [3.63, 3.8) is 0 Å². The van der Waals surface area contributed by atoms with Gasteiger partial charge in [-0.05, 0) is 50.1 Å². The molecule has 0 aliphatic carbocycles. The van der Waals surface area contributed by atoms with Gasteiger partial charge in [0.15, 0.2) is 5.82 Å². The van der Waals surface area contributed by atoms with Gasteiger partial charge in [-0.25, -0.2) is 4.99 Å². The Hall–Kier alpha value is -2.15. The molecule has 1 aromatic heterocycles. The van der Waals surface area contributed by atoms with Gasteiger partial charge in [0.25, 0.3) is 5.19 Å². The predicted octanol–water partition coefficient (Wildman–Crippen LogP) is 7.10. The Bertz CT molecular complexity index is 1030. The number of benzene rings is 2. The largest absolute Gasteiger partial charge is 0.430 e. The van der Waals surface area contributed by atoms with Crippen molar-refractivity contribution in [1.29, 1.82) is 0 Å². The molecule has 0 aliphatic heterocycles. The first-order valence-corrected chi connectivity index (χ1v) is 11.1. The summed E-state index contributed by atoms with van der Waals surface area (Å²) in [4.78, 5) is 11.0. The number of ether oxygens (including phenoxy) is 1. The maximum absolute atomic E-state index is 6.42. The Kier molecular flexibility index (Phi) is 7.34. The fourth-order valence-electron chi connectivity index (χ4n) is 2.58.